The molecule has 0 aliphatic carbocycles. The van der Waals surface area contributed by atoms with Gasteiger partial charge in [0.25, 0.3) is 0 Å². The Morgan fingerprint density at radius 2 is 0.786 bits per heavy atom. The molecule has 0 N–H and O–H groups in total. The Hall–Kier alpha value is -1.80. The molecule has 0 aliphatic rings. The second kappa shape index (κ2) is 25.7. The van der Waals surface area contributed by atoms with Crippen molar-refractivity contribution in [3.05, 3.63) is 54.1 Å². The molecule has 0 bridgehead atoms. The first kappa shape index (κ1) is 36.4. The fraction of sp³-hybridized carbons (Fsp3) is 0.700. The van der Waals surface area contributed by atoms with E-state index in [-0.39, 0.29) is 6.10 Å². The summed E-state index contributed by atoms with van der Waals surface area (Å²) in [6, 6.07) is 17.5. The quantitative estimate of drug-likeness (QED) is 0.0935. The number of ether oxygens (including phenoxy) is 2. The Balaban J connectivity index is 1.51. The third-order valence-electron chi connectivity index (χ3n) is 8.70. The van der Waals surface area contributed by atoms with Gasteiger partial charge in [-0.3, -0.25) is 0 Å². The lowest BCUT2D eigenvalue weighted by Gasteiger charge is -2.14. The fourth-order valence-corrected chi connectivity index (χ4v) is 5.77. The van der Waals surface area contributed by atoms with Gasteiger partial charge >= 0.3 is 0 Å². The number of hydrogen-bond acceptors (Lipinski definition) is 2. The number of benzene rings is 2. The molecule has 1 atom stereocenters. The van der Waals surface area contributed by atoms with Crippen LogP contribution >= 0.6 is 0 Å². The highest BCUT2D eigenvalue weighted by atomic mass is 16.5. The average Bonchev–Trinajstić information content (AvgIpc) is 3.02. The lowest BCUT2D eigenvalue weighted by Crippen LogP contribution is -2.01. The van der Waals surface area contributed by atoms with Crippen LogP contribution in [0, 0.1) is 0 Å². The normalized spacial score (nSPS) is 12.1. The molecule has 0 saturated carbocycles. The van der Waals surface area contributed by atoms with Crippen molar-refractivity contribution in [3.63, 3.8) is 0 Å². The Kier molecular flexibility index (Phi) is 22.2. The monoisotopic (exact) mass is 579 g/mol. The Morgan fingerprint density at radius 3 is 1.21 bits per heavy atom. The second-order valence-corrected chi connectivity index (χ2v) is 12.6. The van der Waals surface area contributed by atoms with Gasteiger partial charge in [0.05, 0.1) is 12.7 Å². The van der Waals surface area contributed by atoms with E-state index in [0.29, 0.717) is 0 Å². The van der Waals surface area contributed by atoms with Crippen molar-refractivity contribution < 1.29 is 9.47 Å². The summed E-state index contributed by atoms with van der Waals surface area (Å²) in [6.45, 7) is 8.43. The molecule has 0 aromatic heterocycles. The molecule has 2 rings (SSSR count). The van der Waals surface area contributed by atoms with Crippen molar-refractivity contribution >= 4 is 0 Å². The molecule has 0 radical (unpaired) electrons. The smallest absolute Gasteiger partial charge is 0.119 e. The summed E-state index contributed by atoms with van der Waals surface area (Å²) in [4.78, 5) is 0. The summed E-state index contributed by atoms with van der Waals surface area (Å²) in [5.74, 6) is 0.979. The first-order chi connectivity index (χ1) is 20.7. The third kappa shape index (κ3) is 18.0. The van der Waals surface area contributed by atoms with Crippen LogP contribution in [0.2, 0.25) is 0 Å². The molecule has 1 unspecified atom stereocenters. The second-order valence-electron chi connectivity index (χ2n) is 12.6. The highest BCUT2D eigenvalue weighted by Crippen LogP contribution is 2.26. The summed E-state index contributed by atoms with van der Waals surface area (Å²) in [5.41, 5.74) is 3.74. The van der Waals surface area contributed by atoms with E-state index in [1.807, 2.05) is 0 Å². The van der Waals surface area contributed by atoms with Crippen LogP contribution in [0.4, 0.5) is 0 Å². The maximum absolute atomic E-state index is 6.15. The van der Waals surface area contributed by atoms with Gasteiger partial charge in [-0.1, -0.05) is 179 Å². The minimum absolute atomic E-state index is 0.147. The van der Waals surface area contributed by atoms with Gasteiger partial charge in [-0.15, -0.1) is 0 Å². The van der Waals surface area contributed by atoms with Crippen LogP contribution in [0.1, 0.15) is 174 Å². The molecule has 0 aliphatic heterocycles. The van der Waals surface area contributed by atoms with E-state index in [1.54, 1.807) is 0 Å². The van der Waals surface area contributed by atoms with Crippen molar-refractivity contribution in [1.82, 2.24) is 0 Å². The summed E-state index contributed by atoms with van der Waals surface area (Å²) in [5, 5.41) is 0. The van der Waals surface area contributed by atoms with Crippen LogP contribution in [0.25, 0.3) is 11.1 Å². The lowest BCUT2D eigenvalue weighted by atomic mass is 10.0. The Labute approximate surface area is 261 Å². The highest BCUT2D eigenvalue weighted by Gasteiger charge is 2.07. The van der Waals surface area contributed by atoms with Gasteiger partial charge in [0.2, 0.25) is 0 Å². The Bertz CT molecular complexity index is 841. The first-order valence-corrected chi connectivity index (χ1v) is 18.2. The topological polar surface area (TPSA) is 18.5 Å². The molecular formula is C40H66O2. The molecule has 2 aromatic rings. The standard InChI is InChI=1S/C40H66O2/c1-4-6-8-10-12-14-16-18-20-22-24-34-41-36(3)37-26-28-38(29-27-37)39-30-32-40(33-31-39)42-35-25-23-21-19-17-15-13-11-9-7-5-2/h26-33,36H,4-25,34-35H2,1-3H3. The Morgan fingerprint density at radius 1 is 0.429 bits per heavy atom. The molecule has 2 nitrogen and oxygen atoms in total. The van der Waals surface area contributed by atoms with Crippen LogP contribution in [-0.2, 0) is 4.74 Å². The van der Waals surface area contributed by atoms with E-state index < -0.39 is 0 Å². The van der Waals surface area contributed by atoms with Crippen molar-refractivity contribution in [2.45, 2.75) is 168 Å². The van der Waals surface area contributed by atoms with E-state index in [1.165, 1.54) is 152 Å². The van der Waals surface area contributed by atoms with Crippen molar-refractivity contribution in [2.75, 3.05) is 13.2 Å². The van der Waals surface area contributed by atoms with Crippen LogP contribution in [0.15, 0.2) is 48.5 Å². The van der Waals surface area contributed by atoms with E-state index >= 15 is 0 Å². The summed E-state index contributed by atoms with van der Waals surface area (Å²) in [6.07, 6.45) is 30.2. The predicted octanol–water partition coefficient (Wildman–Crippen LogP) is 13.4. The van der Waals surface area contributed by atoms with E-state index in [4.69, 9.17) is 9.47 Å². The van der Waals surface area contributed by atoms with Gasteiger partial charge in [-0.05, 0) is 48.6 Å². The predicted molar refractivity (Wildman–Crippen MR) is 185 cm³/mol. The van der Waals surface area contributed by atoms with E-state index in [9.17, 15) is 0 Å². The molecule has 42 heavy (non-hydrogen) atoms. The fourth-order valence-electron chi connectivity index (χ4n) is 5.77. The lowest BCUT2D eigenvalue weighted by molar-refractivity contribution is 0.0627. The van der Waals surface area contributed by atoms with Gasteiger partial charge in [-0.25, -0.2) is 0 Å². The zero-order chi connectivity index (χ0) is 29.9. The third-order valence-corrected chi connectivity index (χ3v) is 8.70. The number of hydrogen-bond donors (Lipinski definition) is 0. The van der Waals surface area contributed by atoms with E-state index in [2.05, 4.69) is 69.3 Å². The van der Waals surface area contributed by atoms with Crippen LogP contribution in [-0.4, -0.2) is 13.2 Å². The SMILES string of the molecule is CCCCCCCCCCCCCOc1ccc(-c2ccc(C(C)OCCCCCCCCCCCCC)cc2)cc1. The molecule has 0 fully saturated rings. The molecule has 238 valence electrons. The van der Waals surface area contributed by atoms with Crippen LogP contribution < -0.4 is 4.74 Å². The summed E-state index contributed by atoms with van der Waals surface area (Å²) < 4.78 is 12.2. The maximum atomic E-state index is 6.15. The number of rotatable bonds is 28. The summed E-state index contributed by atoms with van der Waals surface area (Å²) in [7, 11) is 0. The highest BCUT2D eigenvalue weighted by molar-refractivity contribution is 5.64. The van der Waals surface area contributed by atoms with Crippen LogP contribution in [0.5, 0.6) is 5.75 Å². The average molecular weight is 579 g/mol. The maximum Gasteiger partial charge on any atom is 0.119 e. The van der Waals surface area contributed by atoms with Crippen molar-refractivity contribution in [3.8, 4) is 16.9 Å². The molecule has 2 heteroatoms. The summed E-state index contributed by atoms with van der Waals surface area (Å²) >= 11 is 0. The van der Waals surface area contributed by atoms with Crippen molar-refractivity contribution in [2.24, 2.45) is 0 Å². The molecule has 0 heterocycles. The number of unbranched alkanes of at least 4 members (excludes halogenated alkanes) is 20. The first-order valence-electron chi connectivity index (χ1n) is 18.2. The minimum atomic E-state index is 0.147. The molecule has 0 spiro atoms. The van der Waals surface area contributed by atoms with E-state index in [0.717, 1.165) is 25.4 Å². The zero-order valence-electron chi connectivity index (χ0n) is 28.0. The van der Waals surface area contributed by atoms with Gasteiger partial charge in [-0.2, -0.15) is 0 Å². The molecular weight excluding hydrogens is 512 g/mol. The minimum Gasteiger partial charge on any atom is -0.494 e. The van der Waals surface area contributed by atoms with Crippen LogP contribution in [0.3, 0.4) is 0 Å². The van der Waals surface area contributed by atoms with Gasteiger partial charge in [0, 0.05) is 6.61 Å². The molecule has 0 amide bonds. The largest absolute Gasteiger partial charge is 0.494 e. The zero-order valence-corrected chi connectivity index (χ0v) is 28.0. The van der Waals surface area contributed by atoms with Gasteiger partial charge in [0.15, 0.2) is 0 Å². The molecule has 2 aromatic carbocycles. The van der Waals surface area contributed by atoms with Gasteiger partial charge in [0.1, 0.15) is 5.75 Å². The van der Waals surface area contributed by atoms with Gasteiger partial charge < -0.3 is 9.47 Å². The van der Waals surface area contributed by atoms with Crippen molar-refractivity contribution in [1.29, 1.82) is 0 Å². The molecule has 0 saturated heterocycles.